The maximum absolute atomic E-state index is 12.2. The third-order valence-corrected chi connectivity index (χ3v) is 4.29. The van der Waals surface area contributed by atoms with E-state index in [9.17, 15) is 22.8 Å². The second kappa shape index (κ2) is 5.14. The summed E-state index contributed by atoms with van der Waals surface area (Å²) in [6.07, 6.45) is -4.40. The topological polar surface area (TPSA) is 69.6 Å². The van der Waals surface area contributed by atoms with Gasteiger partial charge < -0.3 is 15.3 Å². The Morgan fingerprint density at radius 1 is 1.35 bits per heavy atom. The fraction of sp³-hybridized carbons (Fsp3) is 0.833. The summed E-state index contributed by atoms with van der Waals surface area (Å²) in [7, 11) is 0. The molecule has 0 aromatic heterocycles. The minimum atomic E-state index is -4.94. The zero-order chi connectivity index (χ0) is 15.1. The zero-order valence-electron chi connectivity index (χ0n) is 11.0. The van der Waals surface area contributed by atoms with Gasteiger partial charge in [0.05, 0.1) is 6.04 Å². The Bertz CT molecular complexity index is 413. The molecule has 0 spiro atoms. The SMILES string of the molecule is CC1C[C@H]2CN(C(=O)O)[C@H](CNC(=O)C(F)(F)F)[C@H]2C1. The van der Waals surface area contributed by atoms with Crippen molar-refractivity contribution in [1.82, 2.24) is 10.2 Å². The number of carbonyl (C=O) groups is 2. The third-order valence-electron chi connectivity index (χ3n) is 4.29. The molecule has 1 aliphatic heterocycles. The molecule has 2 rings (SSSR count). The van der Waals surface area contributed by atoms with Crippen LogP contribution in [0.5, 0.6) is 0 Å². The van der Waals surface area contributed by atoms with Crippen LogP contribution >= 0.6 is 0 Å². The minimum absolute atomic E-state index is 0.0367. The number of fused-ring (bicyclic) bond motifs is 1. The third kappa shape index (κ3) is 2.83. The summed E-state index contributed by atoms with van der Waals surface area (Å²) in [6, 6.07) is -0.561. The number of nitrogens with zero attached hydrogens (tertiary/aromatic N) is 1. The summed E-state index contributed by atoms with van der Waals surface area (Å²) in [4.78, 5) is 23.2. The number of carboxylic acid groups (broad SMARTS) is 1. The Hall–Kier alpha value is -1.47. The first-order chi connectivity index (χ1) is 9.20. The molecule has 2 fully saturated rings. The van der Waals surface area contributed by atoms with Crippen LogP contribution in [0.1, 0.15) is 19.8 Å². The number of nitrogens with one attached hydrogen (secondary N) is 1. The Morgan fingerprint density at radius 3 is 2.55 bits per heavy atom. The summed E-state index contributed by atoms with van der Waals surface area (Å²) in [5.74, 6) is -1.34. The van der Waals surface area contributed by atoms with Crippen molar-refractivity contribution in [2.45, 2.75) is 32.0 Å². The largest absolute Gasteiger partial charge is 0.471 e. The maximum Gasteiger partial charge on any atom is 0.471 e. The molecule has 2 amide bonds. The van der Waals surface area contributed by atoms with Gasteiger partial charge in [-0.3, -0.25) is 4.79 Å². The van der Waals surface area contributed by atoms with Crippen LogP contribution in [0, 0.1) is 17.8 Å². The number of alkyl halides is 3. The second-order valence-electron chi connectivity index (χ2n) is 5.71. The van der Waals surface area contributed by atoms with Crippen molar-refractivity contribution < 1.29 is 27.9 Å². The van der Waals surface area contributed by atoms with Gasteiger partial charge >= 0.3 is 18.2 Å². The Kier molecular flexibility index (Phi) is 3.84. The Balaban J connectivity index is 2.02. The molecule has 20 heavy (non-hydrogen) atoms. The van der Waals surface area contributed by atoms with E-state index in [2.05, 4.69) is 6.92 Å². The van der Waals surface area contributed by atoms with E-state index in [1.807, 2.05) is 5.32 Å². The van der Waals surface area contributed by atoms with E-state index in [0.29, 0.717) is 12.5 Å². The molecule has 1 saturated heterocycles. The monoisotopic (exact) mass is 294 g/mol. The van der Waals surface area contributed by atoms with Crippen LogP contribution < -0.4 is 5.32 Å². The molecule has 2 aliphatic rings. The molecule has 8 heteroatoms. The number of rotatable bonds is 2. The van der Waals surface area contributed by atoms with Gasteiger partial charge in [0.2, 0.25) is 0 Å². The zero-order valence-corrected chi connectivity index (χ0v) is 11.0. The minimum Gasteiger partial charge on any atom is -0.465 e. The van der Waals surface area contributed by atoms with Gasteiger partial charge in [0.25, 0.3) is 0 Å². The maximum atomic E-state index is 12.2. The number of amides is 2. The highest BCUT2D eigenvalue weighted by atomic mass is 19.4. The molecule has 0 aromatic rings. The summed E-state index contributed by atoms with van der Waals surface area (Å²) in [6.45, 7) is 2.12. The lowest BCUT2D eigenvalue weighted by Gasteiger charge is -2.26. The lowest BCUT2D eigenvalue weighted by molar-refractivity contribution is -0.173. The number of likely N-dealkylation sites (tertiary alicyclic amines) is 1. The average Bonchev–Trinajstić information content (AvgIpc) is 2.80. The molecular formula is C12H17F3N2O3. The van der Waals surface area contributed by atoms with Crippen LogP contribution in [0.25, 0.3) is 0 Å². The van der Waals surface area contributed by atoms with E-state index < -0.39 is 24.2 Å². The van der Waals surface area contributed by atoms with E-state index >= 15 is 0 Å². The van der Waals surface area contributed by atoms with Gasteiger partial charge in [-0.25, -0.2) is 4.79 Å². The number of hydrogen-bond acceptors (Lipinski definition) is 2. The van der Waals surface area contributed by atoms with Crippen LogP contribution in [0.15, 0.2) is 0 Å². The molecule has 4 atom stereocenters. The molecule has 1 unspecified atom stereocenters. The Morgan fingerprint density at radius 2 is 2.00 bits per heavy atom. The predicted molar refractivity (Wildman–Crippen MR) is 63.0 cm³/mol. The van der Waals surface area contributed by atoms with Crippen molar-refractivity contribution in [3.05, 3.63) is 0 Å². The predicted octanol–water partition coefficient (Wildman–Crippen LogP) is 1.69. The van der Waals surface area contributed by atoms with E-state index in [0.717, 1.165) is 17.7 Å². The average molecular weight is 294 g/mol. The lowest BCUT2D eigenvalue weighted by Crippen LogP contribution is -2.48. The second-order valence-corrected chi connectivity index (χ2v) is 5.71. The molecule has 0 bridgehead atoms. The van der Waals surface area contributed by atoms with Crippen molar-refractivity contribution in [2.24, 2.45) is 17.8 Å². The molecule has 1 heterocycles. The first kappa shape index (κ1) is 14.9. The van der Waals surface area contributed by atoms with Gasteiger partial charge in [0.1, 0.15) is 0 Å². The number of hydrogen-bond donors (Lipinski definition) is 2. The first-order valence-corrected chi connectivity index (χ1v) is 6.54. The highest BCUT2D eigenvalue weighted by molar-refractivity contribution is 5.81. The van der Waals surface area contributed by atoms with Gasteiger partial charge in [-0.05, 0) is 30.6 Å². The van der Waals surface area contributed by atoms with Gasteiger partial charge in [-0.2, -0.15) is 13.2 Å². The van der Waals surface area contributed by atoms with E-state index in [-0.39, 0.29) is 18.4 Å². The van der Waals surface area contributed by atoms with Gasteiger partial charge in [0.15, 0.2) is 0 Å². The molecule has 1 saturated carbocycles. The fourth-order valence-electron chi connectivity index (χ4n) is 3.52. The lowest BCUT2D eigenvalue weighted by atomic mass is 9.94. The standard InChI is InChI=1S/C12H17F3N2O3/c1-6-2-7-5-17(11(19)20)9(8(7)3-6)4-16-10(18)12(13,14)15/h6-9H,2-5H2,1H3,(H,16,18)(H,19,20)/t6?,7-,8-,9+/m0/s1. The molecule has 114 valence electrons. The normalized spacial score (nSPS) is 33.1. The van der Waals surface area contributed by atoms with Gasteiger partial charge in [-0.1, -0.05) is 6.92 Å². The van der Waals surface area contributed by atoms with Gasteiger partial charge in [0, 0.05) is 13.1 Å². The van der Waals surface area contributed by atoms with Crippen molar-refractivity contribution in [3.8, 4) is 0 Å². The van der Waals surface area contributed by atoms with Crippen molar-refractivity contribution in [1.29, 1.82) is 0 Å². The summed E-state index contributed by atoms with van der Waals surface area (Å²) < 4.78 is 36.5. The highest BCUT2D eigenvalue weighted by Gasteiger charge is 2.49. The highest BCUT2D eigenvalue weighted by Crippen LogP contribution is 2.44. The van der Waals surface area contributed by atoms with Gasteiger partial charge in [-0.15, -0.1) is 0 Å². The molecule has 0 aromatic carbocycles. The van der Waals surface area contributed by atoms with Crippen molar-refractivity contribution in [2.75, 3.05) is 13.1 Å². The van der Waals surface area contributed by atoms with Crippen molar-refractivity contribution in [3.63, 3.8) is 0 Å². The first-order valence-electron chi connectivity index (χ1n) is 6.54. The smallest absolute Gasteiger partial charge is 0.465 e. The van der Waals surface area contributed by atoms with Crippen LogP contribution in [-0.2, 0) is 4.79 Å². The molecular weight excluding hydrogens is 277 g/mol. The summed E-state index contributed by atoms with van der Waals surface area (Å²) >= 11 is 0. The fourth-order valence-corrected chi connectivity index (χ4v) is 3.52. The Labute approximate surface area is 114 Å². The molecule has 2 N–H and O–H groups in total. The van der Waals surface area contributed by atoms with Crippen LogP contribution in [0.3, 0.4) is 0 Å². The van der Waals surface area contributed by atoms with Crippen LogP contribution in [-0.4, -0.2) is 47.3 Å². The van der Waals surface area contributed by atoms with Crippen molar-refractivity contribution >= 4 is 12.0 Å². The molecule has 5 nitrogen and oxygen atoms in total. The molecule has 0 radical (unpaired) electrons. The number of carbonyl (C=O) groups excluding carboxylic acids is 1. The summed E-state index contributed by atoms with van der Waals surface area (Å²) in [5.41, 5.74) is 0. The molecule has 1 aliphatic carbocycles. The van der Waals surface area contributed by atoms with E-state index in [4.69, 9.17) is 5.11 Å². The van der Waals surface area contributed by atoms with E-state index in [1.165, 1.54) is 0 Å². The quantitative estimate of drug-likeness (QED) is 0.814. The van der Waals surface area contributed by atoms with Crippen LogP contribution in [0.4, 0.5) is 18.0 Å². The number of halogens is 3. The van der Waals surface area contributed by atoms with Crippen LogP contribution in [0.2, 0.25) is 0 Å². The van der Waals surface area contributed by atoms with E-state index in [1.54, 1.807) is 0 Å². The summed E-state index contributed by atoms with van der Waals surface area (Å²) in [5, 5.41) is 10.9.